The summed E-state index contributed by atoms with van der Waals surface area (Å²) in [5.41, 5.74) is 5.02. The molecule has 0 spiro atoms. The van der Waals surface area contributed by atoms with Gasteiger partial charge >= 0.3 is 0 Å². The van der Waals surface area contributed by atoms with E-state index < -0.39 is 0 Å². The molecule has 0 amide bonds. The van der Waals surface area contributed by atoms with Gasteiger partial charge in [0.05, 0.1) is 12.0 Å². The first-order valence-corrected chi connectivity index (χ1v) is 9.50. The number of aromatic nitrogens is 3. The Morgan fingerprint density at radius 1 is 0.964 bits per heavy atom. The summed E-state index contributed by atoms with van der Waals surface area (Å²) in [6, 6.07) is 20.7. The van der Waals surface area contributed by atoms with Crippen molar-refractivity contribution in [3.63, 3.8) is 0 Å². The van der Waals surface area contributed by atoms with Crippen molar-refractivity contribution in [1.29, 1.82) is 0 Å². The molecule has 0 atom stereocenters. The number of H-pyrrole nitrogens is 1. The Hall–Kier alpha value is -3.18. The smallest absolute Gasteiger partial charge is 0.143 e. The third kappa shape index (κ3) is 3.62. The molecule has 142 valence electrons. The minimum absolute atomic E-state index is 0.0471. The zero-order chi connectivity index (χ0) is 19.5. The van der Waals surface area contributed by atoms with Crippen molar-refractivity contribution in [2.24, 2.45) is 0 Å². The van der Waals surface area contributed by atoms with Gasteiger partial charge < -0.3 is 15.0 Å². The molecule has 28 heavy (non-hydrogen) atoms. The van der Waals surface area contributed by atoms with Crippen LogP contribution in [-0.4, -0.2) is 26.1 Å². The number of benzene rings is 2. The Morgan fingerprint density at radius 3 is 2.39 bits per heavy atom. The van der Waals surface area contributed by atoms with Gasteiger partial charge in [0, 0.05) is 18.3 Å². The van der Waals surface area contributed by atoms with Crippen LogP contribution in [0.2, 0.25) is 0 Å². The Bertz CT molecular complexity index is 1060. The highest BCUT2D eigenvalue weighted by Gasteiger charge is 2.18. The van der Waals surface area contributed by atoms with Gasteiger partial charge in [-0.15, -0.1) is 0 Å². The van der Waals surface area contributed by atoms with E-state index in [1.54, 1.807) is 6.33 Å². The van der Waals surface area contributed by atoms with Crippen LogP contribution in [0.5, 0.6) is 0 Å². The van der Waals surface area contributed by atoms with Gasteiger partial charge in [0.25, 0.3) is 0 Å². The Kier molecular flexibility index (Phi) is 5.08. The van der Waals surface area contributed by atoms with E-state index in [1.807, 2.05) is 30.3 Å². The largest absolute Gasteiger partial charge is 0.392 e. The van der Waals surface area contributed by atoms with Gasteiger partial charge in [-0.1, -0.05) is 54.6 Å². The molecule has 0 fully saturated rings. The number of rotatable bonds is 6. The average molecular weight is 372 g/mol. The van der Waals surface area contributed by atoms with Gasteiger partial charge in [-0.3, -0.25) is 0 Å². The third-order valence-corrected chi connectivity index (χ3v) is 4.94. The number of nitrogens with one attached hydrogen (secondary N) is 1. The molecule has 5 heteroatoms. The van der Waals surface area contributed by atoms with Crippen molar-refractivity contribution in [3.05, 3.63) is 78.1 Å². The van der Waals surface area contributed by atoms with Crippen molar-refractivity contribution >= 4 is 16.9 Å². The second kappa shape index (κ2) is 7.82. The molecule has 2 aromatic heterocycles. The van der Waals surface area contributed by atoms with Crippen molar-refractivity contribution in [1.82, 2.24) is 15.0 Å². The minimum atomic E-state index is 0.0471. The molecule has 0 aliphatic rings. The molecular formula is C23H24N4O. The zero-order valence-electron chi connectivity index (χ0n) is 16.1. The number of fused-ring (bicyclic) bond motifs is 1. The molecular weight excluding hydrogens is 348 g/mol. The molecule has 2 aromatic carbocycles. The molecule has 2 heterocycles. The van der Waals surface area contributed by atoms with Crippen molar-refractivity contribution < 1.29 is 5.11 Å². The molecule has 2 N–H and O–H groups in total. The van der Waals surface area contributed by atoms with Gasteiger partial charge in [-0.2, -0.15) is 0 Å². The van der Waals surface area contributed by atoms with Crippen LogP contribution < -0.4 is 4.90 Å². The van der Waals surface area contributed by atoms with Crippen LogP contribution in [0.25, 0.3) is 22.3 Å². The van der Waals surface area contributed by atoms with Crippen LogP contribution >= 0.6 is 0 Å². The van der Waals surface area contributed by atoms with E-state index in [-0.39, 0.29) is 6.61 Å². The van der Waals surface area contributed by atoms with Gasteiger partial charge in [-0.05, 0) is 36.6 Å². The summed E-state index contributed by atoms with van der Waals surface area (Å²) >= 11 is 0. The Balaban J connectivity index is 1.74. The molecule has 0 saturated carbocycles. The minimum Gasteiger partial charge on any atom is -0.392 e. The van der Waals surface area contributed by atoms with Crippen LogP contribution in [-0.2, 0) is 13.2 Å². The van der Waals surface area contributed by atoms with Gasteiger partial charge in [0.2, 0.25) is 0 Å². The Morgan fingerprint density at radius 2 is 1.71 bits per heavy atom. The maximum absolute atomic E-state index is 9.25. The lowest BCUT2D eigenvalue weighted by atomic mass is 10.1. The van der Waals surface area contributed by atoms with E-state index >= 15 is 0 Å². The standard InChI is InChI=1S/C23H24N4O/c1-16(2)27(13-17-6-4-3-5-7-17)23-20-12-21(26-22(20)24-15-25-23)19-10-8-18(14-28)9-11-19/h3-12,15-16,28H,13-14H2,1-2H3,(H,24,25,26). The molecule has 4 rings (SSSR count). The van der Waals surface area contributed by atoms with Gasteiger partial charge in [0.15, 0.2) is 0 Å². The summed E-state index contributed by atoms with van der Waals surface area (Å²) in [5, 5.41) is 10.3. The molecule has 0 bridgehead atoms. The molecule has 0 unspecified atom stereocenters. The van der Waals surface area contributed by atoms with Gasteiger partial charge in [0.1, 0.15) is 17.8 Å². The number of hydrogen-bond donors (Lipinski definition) is 2. The summed E-state index contributed by atoms with van der Waals surface area (Å²) in [6.07, 6.45) is 1.62. The highest BCUT2D eigenvalue weighted by molar-refractivity contribution is 5.92. The number of aliphatic hydroxyl groups excluding tert-OH is 1. The fraction of sp³-hybridized carbons (Fsp3) is 0.217. The fourth-order valence-electron chi connectivity index (χ4n) is 3.38. The van der Waals surface area contributed by atoms with Crippen LogP contribution in [0.1, 0.15) is 25.0 Å². The predicted octanol–water partition coefficient (Wildman–Crippen LogP) is 4.53. The molecule has 0 aliphatic heterocycles. The lowest BCUT2D eigenvalue weighted by Crippen LogP contribution is -2.31. The molecule has 4 aromatic rings. The third-order valence-electron chi connectivity index (χ3n) is 4.94. The first-order valence-electron chi connectivity index (χ1n) is 9.50. The lowest BCUT2D eigenvalue weighted by Gasteiger charge is -2.28. The van der Waals surface area contributed by atoms with Crippen LogP contribution in [0.15, 0.2) is 67.0 Å². The summed E-state index contributed by atoms with van der Waals surface area (Å²) < 4.78 is 0. The summed E-state index contributed by atoms with van der Waals surface area (Å²) in [4.78, 5) is 14.8. The van der Waals surface area contributed by atoms with E-state index in [0.717, 1.165) is 40.2 Å². The van der Waals surface area contributed by atoms with E-state index in [4.69, 9.17) is 0 Å². The summed E-state index contributed by atoms with van der Waals surface area (Å²) in [5.74, 6) is 0.929. The van der Waals surface area contributed by atoms with Crippen LogP contribution in [0.3, 0.4) is 0 Å². The topological polar surface area (TPSA) is 65.0 Å². The van der Waals surface area contributed by atoms with E-state index in [0.29, 0.717) is 6.04 Å². The maximum Gasteiger partial charge on any atom is 0.143 e. The quantitative estimate of drug-likeness (QED) is 0.522. The van der Waals surface area contributed by atoms with E-state index in [2.05, 4.69) is 64.0 Å². The normalized spacial score (nSPS) is 11.3. The summed E-state index contributed by atoms with van der Waals surface area (Å²) in [7, 11) is 0. The van der Waals surface area contributed by atoms with Crippen LogP contribution in [0.4, 0.5) is 5.82 Å². The van der Waals surface area contributed by atoms with Gasteiger partial charge in [-0.25, -0.2) is 9.97 Å². The highest BCUT2D eigenvalue weighted by atomic mass is 16.3. The lowest BCUT2D eigenvalue weighted by molar-refractivity contribution is 0.282. The number of aromatic amines is 1. The van der Waals surface area contributed by atoms with Crippen molar-refractivity contribution in [2.45, 2.75) is 33.0 Å². The number of aliphatic hydroxyl groups is 1. The average Bonchev–Trinajstić information content (AvgIpc) is 3.17. The van der Waals surface area contributed by atoms with E-state index in [9.17, 15) is 5.11 Å². The first-order chi connectivity index (χ1) is 13.7. The number of nitrogens with zero attached hydrogens (tertiary/aromatic N) is 3. The van der Waals surface area contributed by atoms with Crippen molar-refractivity contribution in [3.8, 4) is 11.3 Å². The SMILES string of the molecule is CC(C)N(Cc1ccccc1)c1ncnc2[nH]c(-c3ccc(CO)cc3)cc12. The molecule has 0 saturated heterocycles. The summed E-state index contributed by atoms with van der Waals surface area (Å²) in [6.45, 7) is 5.19. The first kappa shape index (κ1) is 18.2. The monoisotopic (exact) mass is 372 g/mol. The number of hydrogen-bond acceptors (Lipinski definition) is 4. The fourth-order valence-corrected chi connectivity index (χ4v) is 3.38. The molecule has 0 aliphatic carbocycles. The second-order valence-electron chi connectivity index (χ2n) is 7.20. The van der Waals surface area contributed by atoms with Crippen molar-refractivity contribution in [2.75, 3.05) is 4.90 Å². The predicted molar refractivity (Wildman–Crippen MR) is 113 cm³/mol. The van der Waals surface area contributed by atoms with E-state index in [1.165, 1.54) is 5.56 Å². The molecule has 5 nitrogen and oxygen atoms in total. The number of anilines is 1. The highest BCUT2D eigenvalue weighted by Crippen LogP contribution is 2.30. The maximum atomic E-state index is 9.25. The van der Waals surface area contributed by atoms with Crippen LogP contribution in [0, 0.1) is 0 Å². The zero-order valence-corrected chi connectivity index (χ0v) is 16.1. The second-order valence-corrected chi connectivity index (χ2v) is 7.20. The Labute approximate surface area is 164 Å². The molecule has 0 radical (unpaired) electrons.